The number of ether oxygens (including phenoxy) is 1. The van der Waals surface area contributed by atoms with Gasteiger partial charge < -0.3 is 10.1 Å². The Kier molecular flexibility index (Phi) is 4.33. The number of rotatable bonds is 4. The molecule has 0 saturated carbocycles. The summed E-state index contributed by atoms with van der Waals surface area (Å²) in [6.45, 7) is 13.8. The summed E-state index contributed by atoms with van der Waals surface area (Å²) < 4.78 is 8.04. The Morgan fingerprint density at radius 2 is 2.33 bits per heavy atom. The summed E-state index contributed by atoms with van der Waals surface area (Å²) in [5, 5.41) is 8.05. The molecular formula is C16H28N4O. The lowest BCUT2D eigenvalue weighted by Gasteiger charge is -2.37. The monoisotopic (exact) mass is 292 g/mol. The summed E-state index contributed by atoms with van der Waals surface area (Å²) >= 11 is 0. The molecule has 0 radical (unpaired) electrons. The molecule has 1 aromatic heterocycles. The van der Waals surface area contributed by atoms with Gasteiger partial charge in [0, 0.05) is 31.9 Å². The molecule has 2 atom stereocenters. The van der Waals surface area contributed by atoms with E-state index in [9.17, 15) is 0 Å². The number of hydrogen-bond donors (Lipinski definition) is 1. The smallest absolute Gasteiger partial charge is 0.0898 e. The van der Waals surface area contributed by atoms with E-state index < -0.39 is 0 Å². The summed E-state index contributed by atoms with van der Waals surface area (Å²) in [6, 6.07) is 2.13. The van der Waals surface area contributed by atoms with Crippen molar-refractivity contribution in [1.82, 2.24) is 20.0 Å². The molecule has 2 fully saturated rings. The van der Waals surface area contributed by atoms with Crippen molar-refractivity contribution in [2.45, 2.75) is 39.8 Å². The molecule has 5 nitrogen and oxygen atoms in total. The lowest BCUT2D eigenvalue weighted by molar-refractivity contribution is -0.0469. The van der Waals surface area contributed by atoms with Gasteiger partial charge in [-0.2, -0.15) is 5.10 Å². The van der Waals surface area contributed by atoms with E-state index in [0.717, 1.165) is 45.0 Å². The van der Waals surface area contributed by atoms with Gasteiger partial charge in [-0.05, 0) is 38.3 Å². The molecule has 3 heterocycles. The predicted molar refractivity (Wildman–Crippen MR) is 83.5 cm³/mol. The van der Waals surface area contributed by atoms with Crippen molar-refractivity contribution in [1.29, 1.82) is 0 Å². The highest BCUT2D eigenvalue weighted by molar-refractivity contribution is 5.06. The van der Waals surface area contributed by atoms with E-state index in [1.165, 1.54) is 18.7 Å². The van der Waals surface area contributed by atoms with Gasteiger partial charge in [0.2, 0.25) is 0 Å². The fourth-order valence-corrected chi connectivity index (χ4v) is 3.63. The van der Waals surface area contributed by atoms with Crippen LogP contribution in [0.3, 0.4) is 0 Å². The maximum atomic E-state index is 5.96. The first-order valence-electron chi connectivity index (χ1n) is 8.10. The third-order valence-electron chi connectivity index (χ3n) is 4.77. The van der Waals surface area contributed by atoms with Gasteiger partial charge in [0.1, 0.15) is 0 Å². The molecule has 1 N–H and O–H groups in total. The highest BCUT2D eigenvalue weighted by atomic mass is 16.5. The highest BCUT2D eigenvalue weighted by Crippen LogP contribution is 2.26. The first-order valence-corrected chi connectivity index (χ1v) is 8.10. The van der Waals surface area contributed by atoms with E-state index in [1.807, 2.05) is 6.92 Å². The number of nitrogens with one attached hydrogen (secondary N) is 1. The maximum absolute atomic E-state index is 5.96. The van der Waals surface area contributed by atoms with Crippen molar-refractivity contribution in [2.75, 3.05) is 39.3 Å². The SMILES string of the molecule is Cc1cc(C)n(CC2CN(CC3(C)CCNC3)CCO2)n1. The molecule has 2 unspecified atom stereocenters. The highest BCUT2D eigenvalue weighted by Gasteiger charge is 2.32. The Balaban J connectivity index is 1.57. The number of aryl methyl sites for hydroxylation is 2. The normalized spacial score (nSPS) is 30.9. The fraction of sp³-hybridized carbons (Fsp3) is 0.812. The quantitative estimate of drug-likeness (QED) is 0.905. The van der Waals surface area contributed by atoms with Gasteiger partial charge in [0.05, 0.1) is 24.9 Å². The Hall–Kier alpha value is -0.910. The van der Waals surface area contributed by atoms with Crippen molar-refractivity contribution in [3.63, 3.8) is 0 Å². The molecule has 0 aliphatic carbocycles. The second-order valence-corrected chi connectivity index (χ2v) is 7.07. The van der Waals surface area contributed by atoms with Gasteiger partial charge in [-0.15, -0.1) is 0 Å². The first kappa shape index (κ1) is 15.0. The lowest BCUT2D eigenvalue weighted by atomic mass is 9.89. The average Bonchev–Trinajstić information content (AvgIpc) is 2.97. The fourth-order valence-electron chi connectivity index (χ4n) is 3.63. The molecular weight excluding hydrogens is 264 g/mol. The van der Waals surface area contributed by atoms with Gasteiger partial charge in [0.25, 0.3) is 0 Å². The Bertz CT molecular complexity index is 479. The Morgan fingerprint density at radius 1 is 1.48 bits per heavy atom. The lowest BCUT2D eigenvalue weighted by Crippen LogP contribution is -2.48. The Morgan fingerprint density at radius 3 is 3.00 bits per heavy atom. The molecule has 5 heteroatoms. The van der Waals surface area contributed by atoms with E-state index in [-0.39, 0.29) is 6.10 Å². The van der Waals surface area contributed by atoms with Crippen LogP contribution in [0.2, 0.25) is 0 Å². The number of nitrogens with zero attached hydrogens (tertiary/aromatic N) is 3. The van der Waals surface area contributed by atoms with Crippen molar-refractivity contribution in [3.05, 3.63) is 17.5 Å². The van der Waals surface area contributed by atoms with Crippen LogP contribution in [0.4, 0.5) is 0 Å². The van der Waals surface area contributed by atoms with Gasteiger partial charge in [-0.25, -0.2) is 0 Å². The Labute approximate surface area is 127 Å². The molecule has 2 aliphatic heterocycles. The molecule has 0 spiro atoms. The summed E-state index contributed by atoms with van der Waals surface area (Å²) in [5.41, 5.74) is 2.74. The molecule has 2 aliphatic rings. The molecule has 1 aromatic rings. The number of aromatic nitrogens is 2. The van der Waals surface area contributed by atoms with E-state index in [1.54, 1.807) is 0 Å². The van der Waals surface area contributed by atoms with E-state index >= 15 is 0 Å². The second kappa shape index (κ2) is 6.07. The summed E-state index contributed by atoms with van der Waals surface area (Å²) in [5.74, 6) is 0. The second-order valence-electron chi connectivity index (χ2n) is 7.07. The zero-order valence-electron chi connectivity index (χ0n) is 13.6. The standard InChI is InChI=1S/C16H28N4O/c1-13-8-14(2)20(18-13)10-15-9-19(6-7-21-15)12-16(3)4-5-17-11-16/h8,15,17H,4-7,9-12H2,1-3H3. The third-order valence-corrected chi connectivity index (χ3v) is 4.77. The zero-order chi connectivity index (χ0) is 14.9. The van der Waals surface area contributed by atoms with E-state index in [2.05, 4.69) is 39.9 Å². The van der Waals surface area contributed by atoms with E-state index in [4.69, 9.17) is 4.74 Å². The number of hydrogen-bond acceptors (Lipinski definition) is 4. The van der Waals surface area contributed by atoms with Crippen molar-refractivity contribution in [3.8, 4) is 0 Å². The van der Waals surface area contributed by atoms with Crippen molar-refractivity contribution >= 4 is 0 Å². The van der Waals surface area contributed by atoms with E-state index in [0.29, 0.717) is 5.41 Å². The largest absolute Gasteiger partial charge is 0.374 e. The minimum absolute atomic E-state index is 0.259. The van der Waals surface area contributed by atoms with Crippen molar-refractivity contribution < 1.29 is 4.74 Å². The third kappa shape index (κ3) is 3.65. The van der Waals surface area contributed by atoms with Crippen LogP contribution in [0.15, 0.2) is 6.07 Å². The topological polar surface area (TPSA) is 42.3 Å². The van der Waals surface area contributed by atoms with Gasteiger partial charge in [-0.3, -0.25) is 9.58 Å². The van der Waals surface area contributed by atoms with Gasteiger partial charge in [-0.1, -0.05) is 6.92 Å². The van der Waals surface area contributed by atoms with Crippen LogP contribution in [-0.4, -0.2) is 60.1 Å². The minimum atomic E-state index is 0.259. The minimum Gasteiger partial charge on any atom is -0.374 e. The van der Waals surface area contributed by atoms with Gasteiger partial charge in [0.15, 0.2) is 0 Å². The van der Waals surface area contributed by atoms with Crippen LogP contribution in [0, 0.1) is 19.3 Å². The predicted octanol–water partition coefficient (Wildman–Crippen LogP) is 1.20. The molecule has 0 amide bonds. The van der Waals surface area contributed by atoms with Crippen LogP contribution in [-0.2, 0) is 11.3 Å². The molecule has 2 saturated heterocycles. The van der Waals surface area contributed by atoms with Gasteiger partial charge >= 0.3 is 0 Å². The van der Waals surface area contributed by atoms with Crippen LogP contribution in [0.5, 0.6) is 0 Å². The number of morpholine rings is 1. The average molecular weight is 292 g/mol. The maximum Gasteiger partial charge on any atom is 0.0898 e. The molecule has 21 heavy (non-hydrogen) atoms. The van der Waals surface area contributed by atoms with Crippen LogP contribution in [0.1, 0.15) is 24.7 Å². The van der Waals surface area contributed by atoms with Crippen LogP contribution >= 0.6 is 0 Å². The summed E-state index contributed by atoms with van der Waals surface area (Å²) in [4.78, 5) is 2.58. The molecule has 3 rings (SSSR count). The van der Waals surface area contributed by atoms with Crippen LogP contribution < -0.4 is 5.32 Å². The summed E-state index contributed by atoms with van der Waals surface area (Å²) in [7, 11) is 0. The molecule has 0 bridgehead atoms. The molecule has 0 aromatic carbocycles. The van der Waals surface area contributed by atoms with Crippen LogP contribution in [0.25, 0.3) is 0 Å². The summed E-state index contributed by atoms with van der Waals surface area (Å²) in [6.07, 6.45) is 1.54. The molecule has 118 valence electrons. The zero-order valence-corrected chi connectivity index (χ0v) is 13.6. The first-order chi connectivity index (χ1) is 10.0. The van der Waals surface area contributed by atoms with Crippen molar-refractivity contribution in [2.24, 2.45) is 5.41 Å².